The van der Waals surface area contributed by atoms with E-state index < -0.39 is 10.0 Å². The summed E-state index contributed by atoms with van der Waals surface area (Å²) in [7, 11) is -3.65. The topological polar surface area (TPSA) is 83.6 Å². The Balaban J connectivity index is 2.42. The molecule has 1 aromatic carbocycles. The zero-order chi connectivity index (χ0) is 14.2. The van der Waals surface area contributed by atoms with Gasteiger partial charge in [0.05, 0.1) is 18.3 Å². The van der Waals surface area contributed by atoms with Gasteiger partial charge in [-0.1, -0.05) is 22.9 Å². The van der Waals surface area contributed by atoms with Crippen molar-refractivity contribution in [3.8, 4) is 0 Å². The number of nitrogens with two attached hydrogens (primary N) is 1. The van der Waals surface area contributed by atoms with Crippen LogP contribution in [0, 0.1) is 5.92 Å². The molecule has 19 heavy (non-hydrogen) atoms. The average Bonchev–Trinajstić information content (AvgIpc) is 2.70. The molecule has 0 aromatic heterocycles. The highest BCUT2D eigenvalue weighted by Crippen LogP contribution is 2.32. The molecule has 0 radical (unpaired) electrons. The van der Waals surface area contributed by atoms with Crippen LogP contribution in [0.25, 0.3) is 0 Å². The van der Waals surface area contributed by atoms with Crippen molar-refractivity contribution in [2.24, 2.45) is 5.92 Å². The number of nitrogen functional groups attached to an aromatic ring is 1. The van der Waals surface area contributed by atoms with E-state index >= 15 is 0 Å². The van der Waals surface area contributed by atoms with Crippen LogP contribution in [0.5, 0.6) is 0 Å². The van der Waals surface area contributed by atoms with Crippen molar-refractivity contribution in [3.05, 3.63) is 22.7 Å². The standard InChI is InChI=1S/C12H17BrN2O3S/c1-8-4-5-15(11(8)7-16)19(17,18)12-3-2-9(13)6-10(12)14/h2-3,6,8,11,16H,4-5,7,14H2,1H3. The van der Waals surface area contributed by atoms with Crippen molar-refractivity contribution in [2.75, 3.05) is 18.9 Å². The predicted octanol–water partition coefficient (Wildman–Crippen LogP) is 1.42. The highest BCUT2D eigenvalue weighted by Gasteiger charge is 2.39. The molecule has 2 unspecified atom stereocenters. The Hall–Kier alpha value is -0.630. The van der Waals surface area contributed by atoms with Crippen LogP contribution < -0.4 is 5.73 Å². The first kappa shape index (κ1) is 14.8. The summed E-state index contributed by atoms with van der Waals surface area (Å²) in [6.07, 6.45) is 0.751. The molecule has 0 amide bonds. The molecule has 1 aromatic rings. The molecule has 1 saturated heterocycles. The van der Waals surface area contributed by atoms with Gasteiger partial charge in [-0.3, -0.25) is 0 Å². The van der Waals surface area contributed by atoms with E-state index in [9.17, 15) is 13.5 Å². The van der Waals surface area contributed by atoms with Crippen molar-refractivity contribution in [1.82, 2.24) is 4.31 Å². The van der Waals surface area contributed by atoms with Gasteiger partial charge in [0.2, 0.25) is 10.0 Å². The third kappa shape index (κ3) is 2.65. The number of anilines is 1. The maximum absolute atomic E-state index is 12.6. The molecule has 0 spiro atoms. The summed E-state index contributed by atoms with van der Waals surface area (Å²) >= 11 is 3.25. The second-order valence-corrected chi connectivity index (χ2v) is 7.59. The van der Waals surface area contributed by atoms with E-state index in [2.05, 4.69) is 15.9 Å². The first-order chi connectivity index (χ1) is 8.87. The SMILES string of the molecule is CC1CCN(S(=O)(=O)c2ccc(Br)cc2N)C1CO. The largest absolute Gasteiger partial charge is 0.398 e. The number of hydrogen-bond donors (Lipinski definition) is 2. The van der Waals surface area contributed by atoms with Gasteiger partial charge < -0.3 is 10.8 Å². The minimum absolute atomic E-state index is 0.100. The molecule has 0 bridgehead atoms. The molecule has 1 fully saturated rings. The molecular weight excluding hydrogens is 332 g/mol. The number of nitrogens with zero attached hydrogens (tertiary/aromatic N) is 1. The molecule has 1 aliphatic heterocycles. The second kappa shape index (κ2) is 5.40. The van der Waals surface area contributed by atoms with E-state index in [1.807, 2.05) is 6.92 Å². The van der Waals surface area contributed by atoms with Crippen LogP contribution in [0.3, 0.4) is 0 Å². The number of hydrogen-bond acceptors (Lipinski definition) is 4. The lowest BCUT2D eigenvalue weighted by Crippen LogP contribution is -2.40. The second-order valence-electron chi connectivity index (χ2n) is 4.81. The zero-order valence-electron chi connectivity index (χ0n) is 10.6. The average molecular weight is 349 g/mol. The quantitative estimate of drug-likeness (QED) is 0.809. The van der Waals surface area contributed by atoms with E-state index in [-0.39, 0.29) is 29.1 Å². The fraction of sp³-hybridized carbons (Fsp3) is 0.500. The van der Waals surface area contributed by atoms with Crippen LogP contribution >= 0.6 is 15.9 Å². The predicted molar refractivity (Wildman–Crippen MR) is 77.1 cm³/mol. The van der Waals surface area contributed by atoms with Crippen LogP contribution in [0.4, 0.5) is 5.69 Å². The molecular formula is C12H17BrN2O3S. The van der Waals surface area contributed by atoms with Crippen molar-refractivity contribution < 1.29 is 13.5 Å². The van der Waals surface area contributed by atoms with Crippen LogP contribution in [0.1, 0.15) is 13.3 Å². The molecule has 0 saturated carbocycles. The summed E-state index contributed by atoms with van der Waals surface area (Å²) in [4.78, 5) is 0.100. The van der Waals surface area contributed by atoms with Gasteiger partial charge in [0.1, 0.15) is 4.90 Å². The Morgan fingerprint density at radius 1 is 1.53 bits per heavy atom. The van der Waals surface area contributed by atoms with Gasteiger partial charge in [0, 0.05) is 11.0 Å². The van der Waals surface area contributed by atoms with Crippen molar-refractivity contribution in [3.63, 3.8) is 0 Å². The van der Waals surface area contributed by atoms with E-state index in [4.69, 9.17) is 5.73 Å². The highest BCUT2D eigenvalue weighted by molar-refractivity contribution is 9.10. The highest BCUT2D eigenvalue weighted by atomic mass is 79.9. The van der Waals surface area contributed by atoms with Gasteiger partial charge in [0.15, 0.2) is 0 Å². The van der Waals surface area contributed by atoms with Gasteiger partial charge >= 0.3 is 0 Å². The van der Waals surface area contributed by atoms with Gasteiger partial charge in [-0.05, 0) is 30.5 Å². The minimum atomic E-state index is -3.65. The number of aliphatic hydroxyl groups excluding tert-OH is 1. The third-order valence-corrected chi connectivity index (χ3v) is 6.07. The third-order valence-electron chi connectivity index (χ3n) is 3.58. The number of rotatable bonds is 3. The summed E-state index contributed by atoms with van der Waals surface area (Å²) in [6.45, 7) is 2.20. The van der Waals surface area contributed by atoms with Crippen LogP contribution in [-0.2, 0) is 10.0 Å². The number of aliphatic hydroxyl groups is 1. The smallest absolute Gasteiger partial charge is 0.245 e. The Kier molecular flexibility index (Phi) is 4.20. The molecule has 3 N–H and O–H groups in total. The molecule has 7 heteroatoms. The number of halogens is 1. The summed E-state index contributed by atoms with van der Waals surface area (Å²) in [6, 6.07) is 4.34. The van der Waals surface area contributed by atoms with Gasteiger partial charge in [-0.25, -0.2) is 8.42 Å². The number of sulfonamides is 1. The zero-order valence-corrected chi connectivity index (χ0v) is 13.0. The lowest BCUT2D eigenvalue weighted by atomic mass is 10.0. The summed E-state index contributed by atoms with van der Waals surface area (Å²) in [5.41, 5.74) is 6.01. The van der Waals surface area contributed by atoms with Gasteiger partial charge in [0.25, 0.3) is 0 Å². The lowest BCUT2D eigenvalue weighted by Gasteiger charge is -2.25. The maximum Gasteiger partial charge on any atom is 0.245 e. The Labute approximate surface area is 121 Å². The first-order valence-electron chi connectivity index (χ1n) is 6.05. The Bertz CT molecular complexity index is 576. The fourth-order valence-electron chi connectivity index (χ4n) is 2.42. The summed E-state index contributed by atoms with van der Waals surface area (Å²) in [5.74, 6) is 0.149. The van der Waals surface area contributed by atoms with Crippen LogP contribution in [-0.4, -0.2) is 37.0 Å². The summed E-state index contributed by atoms with van der Waals surface area (Å²) in [5, 5.41) is 9.39. The normalized spacial score (nSPS) is 24.8. The minimum Gasteiger partial charge on any atom is -0.398 e. The molecule has 1 aliphatic rings. The summed E-state index contributed by atoms with van der Waals surface area (Å²) < 4.78 is 27.3. The monoisotopic (exact) mass is 348 g/mol. The first-order valence-corrected chi connectivity index (χ1v) is 8.29. The maximum atomic E-state index is 12.6. The Morgan fingerprint density at radius 2 is 2.21 bits per heavy atom. The Morgan fingerprint density at radius 3 is 2.79 bits per heavy atom. The van der Waals surface area contributed by atoms with Crippen molar-refractivity contribution >= 4 is 31.6 Å². The van der Waals surface area contributed by atoms with Crippen molar-refractivity contribution in [2.45, 2.75) is 24.3 Å². The van der Waals surface area contributed by atoms with E-state index in [0.717, 1.165) is 10.9 Å². The molecule has 5 nitrogen and oxygen atoms in total. The lowest BCUT2D eigenvalue weighted by molar-refractivity contribution is 0.191. The van der Waals surface area contributed by atoms with Crippen LogP contribution in [0.2, 0.25) is 0 Å². The van der Waals surface area contributed by atoms with E-state index in [1.54, 1.807) is 12.1 Å². The molecule has 2 rings (SSSR count). The molecule has 0 aliphatic carbocycles. The number of benzene rings is 1. The van der Waals surface area contributed by atoms with Crippen LogP contribution in [0.15, 0.2) is 27.6 Å². The fourth-order valence-corrected chi connectivity index (χ4v) is 4.63. The molecule has 106 valence electrons. The van der Waals surface area contributed by atoms with E-state index in [0.29, 0.717) is 6.54 Å². The van der Waals surface area contributed by atoms with Gasteiger partial charge in [-0.2, -0.15) is 4.31 Å². The molecule has 2 atom stereocenters. The molecule has 1 heterocycles. The van der Waals surface area contributed by atoms with Crippen molar-refractivity contribution in [1.29, 1.82) is 0 Å². The van der Waals surface area contributed by atoms with Gasteiger partial charge in [-0.15, -0.1) is 0 Å². The van der Waals surface area contributed by atoms with E-state index in [1.165, 1.54) is 10.4 Å².